The number of hydrogen-bond donors (Lipinski definition) is 1. The van der Waals surface area contributed by atoms with Gasteiger partial charge in [0.15, 0.2) is 10.5 Å². The molecular formula is C24H29BrO4S. The normalized spacial score (nSPS) is 13.5. The highest BCUT2D eigenvalue weighted by Crippen LogP contribution is 2.44. The van der Waals surface area contributed by atoms with Crippen molar-refractivity contribution in [3.8, 4) is 5.75 Å². The molecule has 0 saturated heterocycles. The molecule has 0 bridgehead atoms. The highest BCUT2D eigenvalue weighted by Gasteiger charge is 2.52. The molecule has 0 radical (unpaired) electrons. The predicted molar refractivity (Wildman–Crippen MR) is 126 cm³/mol. The van der Waals surface area contributed by atoms with Gasteiger partial charge in [-0.05, 0) is 62.1 Å². The summed E-state index contributed by atoms with van der Waals surface area (Å²) in [5.74, 6) is -0.216. The van der Waals surface area contributed by atoms with E-state index >= 15 is 0 Å². The number of rotatable bonds is 8. The third kappa shape index (κ3) is 4.92. The minimum absolute atomic E-state index is 0.163. The molecule has 1 atom stereocenters. The van der Waals surface area contributed by atoms with Crippen molar-refractivity contribution in [1.29, 1.82) is 0 Å². The first-order valence-electron chi connectivity index (χ1n) is 9.82. The second-order valence-electron chi connectivity index (χ2n) is 8.11. The zero-order valence-corrected chi connectivity index (χ0v) is 20.8. The summed E-state index contributed by atoms with van der Waals surface area (Å²) >= 11 is 8.27. The van der Waals surface area contributed by atoms with Crippen LogP contribution in [0.15, 0.2) is 40.9 Å². The molecule has 30 heavy (non-hydrogen) atoms. The summed E-state index contributed by atoms with van der Waals surface area (Å²) in [5.41, 5.74) is 2.45. The van der Waals surface area contributed by atoms with Crippen LogP contribution in [0.2, 0.25) is 0 Å². The van der Waals surface area contributed by atoms with Gasteiger partial charge in [-0.1, -0.05) is 48.0 Å². The summed E-state index contributed by atoms with van der Waals surface area (Å²) in [7, 11) is 1.61. The lowest BCUT2D eigenvalue weighted by Gasteiger charge is -2.35. The number of carbonyl (C=O) groups is 2. The van der Waals surface area contributed by atoms with E-state index < -0.39 is 16.1 Å². The largest absolute Gasteiger partial charge is 0.497 e. The van der Waals surface area contributed by atoms with E-state index in [-0.39, 0.29) is 12.4 Å². The van der Waals surface area contributed by atoms with Crippen molar-refractivity contribution in [2.24, 2.45) is 5.41 Å². The molecule has 2 aromatic carbocycles. The second-order valence-corrected chi connectivity index (χ2v) is 9.63. The summed E-state index contributed by atoms with van der Waals surface area (Å²) in [5, 5.41) is 0. The molecule has 6 heteroatoms. The van der Waals surface area contributed by atoms with Gasteiger partial charge in [-0.25, -0.2) is 4.79 Å². The maximum absolute atomic E-state index is 13.9. The Morgan fingerprint density at radius 1 is 1.10 bits per heavy atom. The molecule has 1 unspecified atom stereocenters. The molecule has 0 aliphatic heterocycles. The number of ketones is 1. The smallest absolute Gasteiger partial charge is 0.334 e. The number of esters is 1. The fourth-order valence-electron chi connectivity index (χ4n) is 3.74. The van der Waals surface area contributed by atoms with Crippen LogP contribution >= 0.6 is 28.6 Å². The van der Waals surface area contributed by atoms with Gasteiger partial charge in [0.2, 0.25) is 0 Å². The number of methoxy groups -OCH3 is 1. The molecule has 0 spiro atoms. The van der Waals surface area contributed by atoms with Crippen LogP contribution in [0.3, 0.4) is 0 Å². The van der Waals surface area contributed by atoms with Crippen LogP contribution in [0.5, 0.6) is 5.75 Å². The molecule has 0 N–H and O–H groups in total. The molecule has 0 heterocycles. The minimum Gasteiger partial charge on any atom is -0.497 e. The molecular weight excluding hydrogens is 464 g/mol. The Morgan fingerprint density at radius 2 is 1.70 bits per heavy atom. The standard InChI is InChI=1S/C24H29BrO4S/c1-7-29-22(27)24(30,20-16(3)12-15(2)13-19(20)25)21(26)23(4,5)14-17-8-10-18(28-6)11-9-17/h8-13,30H,7,14H2,1-6H3. The molecule has 0 fully saturated rings. The van der Waals surface area contributed by atoms with Crippen molar-refractivity contribution in [2.45, 2.75) is 45.8 Å². The Hall–Kier alpha value is -1.79. The Labute approximate surface area is 192 Å². The van der Waals surface area contributed by atoms with Crippen molar-refractivity contribution < 1.29 is 19.1 Å². The van der Waals surface area contributed by atoms with Crippen LogP contribution in [-0.2, 0) is 25.5 Å². The number of benzene rings is 2. The lowest BCUT2D eigenvalue weighted by atomic mass is 9.73. The van der Waals surface area contributed by atoms with Crippen molar-refractivity contribution in [1.82, 2.24) is 0 Å². The van der Waals surface area contributed by atoms with Gasteiger partial charge in [-0.2, -0.15) is 0 Å². The Balaban J connectivity index is 2.55. The number of halogens is 1. The van der Waals surface area contributed by atoms with Gasteiger partial charge < -0.3 is 9.47 Å². The first kappa shape index (κ1) is 24.5. The molecule has 2 aromatic rings. The van der Waals surface area contributed by atoms with Crippen LogP contribution in [0.25, 0.3) is 0 Å². The quantitative estimate of drug-likeness (QED) is 0.296. The van der Waals surface area contributed by atoms with Gasteiger partial charge >= 0.3 is 5.97 Å². The van der Waals surface area contributed by atoms with E-state index in [1.807, 2.05) is 64.1 Å². The van der Waals surface area contributed by atoms with Crippen molar-refractivity contribution in [3.05, 3.63) is 63.1 Å². The van der Waals surface area contributed by atoms with E-state index in [0.717, 1.165) is 22.4 Å². The highest BCUT2D eigenvalue weighted by molar-refractivity contribution is 9.10. The number of hydrogen-bond acceptors (Lipinski definition) is 5. The van der Waals surface area contributed by atoms with Gasteiger partial charge in [-0.15, -0.1) is 12.6 Å². The van der Waals surface area contributed by atoms with E-state index in [2.05, 4.69) is 15.9 Å². The number of thiol groups is 1. The van der Waals surface area contributed by atoms with Gasteiger partial charge in [0.05, 0.1) is 13.7 Å². The van der Waals surface area contributed by atoms with E-state index in [1.165, 1.54) is 0 Å². The number of carbonyl (C=O) groups excluding carboxylic acids is 2. The van der Waals surface area contributed by atoms with Crippen molar-refractivity contribution in [2.75, 3.05) is 13.7 Å². The summed E-state index contributed by atoms with van der Waals surface area (Å²) < 4.78 is 9.46. The van der Waals surface area contributed by atoms with Crippen LogP contribution < -0.4 is 4.74 Å². The van der Waals surface area contributed by atoms with Gasteiger partial charge in [0.25, 0.3) is 0 Å². The first-order valence-corrected chi connectivity index (χ1v) is 11.1. The van der Waals surface area contributed by atoms with Gasteiger partial charge in [0, 0.05) is 15.5 Å². The fourth-order valence-corrected chi connectivity index (χ4v) is 5.53. The zero-order chi connectivity index (χ0) is 22.7. The monoisotopic (exact) mass is 492 g/mol. The molecule has 0 saturated carbocycles. The Kier molecular flexibility index (Phi) is 7.80. The molecule has 0 aliphatic carbocycles. The van der Waals surface area contributed by atoms with Crippen LogP contribution in [-0.4, -0.2) is 25.5 Å². The topological polar surface area (TPSA) is 52.6 Å². The van der Waals surface area contributed by atoms with Crippen LogP contribution in [0.4, 0.5) is 0 Å². The average molecular weight is 493 g/mol. The number of ether oxygens (including phenoxy) is 2. The van der Waals surface area contributed by atoms with Crippen molar-refractivity contribution >= 4 is 40.3 Å². The maximum Gasteiger partial charge on any atom is 0.334 e. The molecule has 0 aromatic heterocycles. The lowest BCUT2D eigenvalue weighted by molar-refractivity contribution is -0.152. The van der Waals surface area contributed by atoms with Gasteiger partial charge in [0.1, 0.15) is 5.75 Å². The predicted octanol–water partition coefficient (Wildman–Crippen LogP) is 5.60. The highest BCUT2D eigenvalue weighted by atomic mass is 79.9. The molecule has 4 nitrogen and oxygen atoms in total. The third-order valence-electron chi connectivity index (χ3n) is 5.11. The summed E-state index contributed by atoms with van der Waals surface area (Å²) in [6.45, 7) is 9.39. The van der Waals surface area contributed by atoms with E-state index in [9.17, 15) is 9.59 Å². The number of Topliss-reactive ketones (excluding diaryl/α,β-unsaturated/α-hetero) is 1. The van der Waals surface area contributed by atoms with Crippen LogP contribution in [0, 0.1) is 19.3 Å². The lowest BCUT2D eigenvalue weighted by Crippen LogP contribution is -2.48. The van der Waals surface area contributed by atoms with E-state index in [4.69, 9.17) is 22.1 Å². The molecule has 162 valence electrons. The van der Waals surface area contributed by atoms with E-state index in [0.29, 0.717) is 16.5 Å². The van der Waals surface area contributed by atoms with Crippen molar-refractivity contribution in [3.63, 3.8) is 0 Å². The van der Waals surface area contributed by atoms with Crippen LogP contribution in [0.1, 0.15) is 43.0 Å². The first-order chi connectivity index (χ1) is 14.0. The molecule has 0 aliphatic rings. The maximum atomic E-state index is 13.9. The summed E-state index contributed by atoms with van der Waals surface area (Å²) in [4.78, 5) is 27.0. The summed E-state index contributed by atoms with van der Waals surface area (Å²) in [6, 6.07) is 11.4. The Bertz CT molecular complexity index is 914. The second kappa shape index (κ2) is 9.56. The van der Waals surface area contributed by atoms with Gasteiger partial charge in [-0.3, -0.25) is 4.79 Å². The third-order valence-corrected chi connectivity index (χ3v) is 6.35. The summed E-state index contributed by atoms with van der Waals surface area (Å²) in [6.07, 6.45) is 0.445. The fraction of sp³-hybridized carbons (Fsp3) is 0.417. The average Bonchev–Trinajstić information content (AvgIpc) is 2.66. The SMILES string of the molecule is CCOC(=O)C(S)(C(=O)C(C)(C)Cc1ccc(OC)cc1)c1c(C)cc(C)cc1Br. The van der Waals surface area contributed by atoms with E-state index in [1.54, 1.807) is 14.0 Å². The zero-order valence-electron chi connectivity index (χ0n) is 18.3. The number of aryl methyl sites for hydroxylation is 2. The minimum atomic E-state index is -1.73. The molecule has 0 amide bonds. The Morgan fingerprint density at radius 3 is 2.20 bits per heavy atom. The molecule has 2 rings (SSSR count).